The van der Waals surface area contributed by atoms with Gasteiger partial charge in [-0.25, -0.2) is 0 Å². The number of fused-ring (bicyclic) bond motifs is 1. The first kappa shape index (κ1) is 26.2. The lowest BCUT2D eigenvalue weighted by Crippen LogP contribution is -2.53. The monoisotopic (exact) mass is 530 g/mol. The van der Waals surface area contributed by atoms with Crippen molar-refractivity contribution in [3.05, 3.63) is 51.2 Å². The number of ketones is 1. The minimum absolute atomic E-state index is 0.0348. The van der Waals surface area contributed by atoms with Gasteiger partial charge in [0, 0.05) is 31.9 Å². The van der Waals surface area contributed by atoms with E-state index in [4.69, 9.17) is 11.6 Å². The summed E-state index contributed by atoms with van der Waals surface area (Å²) in [6, 6.07) is 8.65. The zero-order chi connectivity index (χ0) is 26.1. The van der Waals surface area contributed by atoms with Crippen molar-refractivity contribution >= 4 is 52.1 Å². The van der Waals surface area contributed by atoms with Crippen LogP contribution in [0.15, 0.2) is 36.4 Å². The van der Waals surface area contributed by atoms with Crippen molar-refractivity contribution < 1.29 is 19.2 Å². The van der Waals surface area contributed by atoms with E-state index in [1.165, 1.54) is 11.3 Å². The number of rotatable bonds is 7. The number of halogens is 1. The minimum atomic E-state index is -0.765. The number of carbonyl (C=O) groups excluding carboxylic acids is 4. The zero-order valence-corrected chi connectivity index (χ0v) is 22.4. The first-order valence-corrected chi connectivity index (χ1v) is 13.2. The molecule has 2 aliphatic heterocycles. The molecule has 3 amide bonds. The van der Waals surface area contributed by atoms with Crippen LogP contribution in [0.4, 0.5) is 5.69 Å². The highest BCUT2D eigenvalue weighted by molar-refractivity contribution is 7.18. The maximum absolute atomic E-state index is 13.7. The molecule has 3 atom stereocenters. The first-order valence-electron chi connectivity index (χ1n) is 12.0. The summed E-state index contributed by atoms with van der Waals surface area (Å²) in [4.78, 5) is 58.2. The topological polar surface area (TPSA) is 90.0 Å². The van der Waals surface area contributed by atoms with Crippen LogP contribution in [-0.2, 0) is 9.59 Å². The highest BCUT2D eigenvalue weighted by Crippen LogP contribution is 2.33. The Labute approximate surface area is 220 Å². The van der Waals surface area contributed by atoms with Gasteiger partial charge < -0.3 is 20.0 Å². The number of carbonyl (C=O) groups is 4. The Morgan fingerprint density at radius 3 is 2.39 bits per heavy atom. The van der Waals surface area contributed by atoms with E-state index in [9.17, 15) is 19.2 Å². The van der Waals surface area contributed by atoms with Gasteiger partial charge in [0.25, 0.3) is 11.8 Å². The first-order chi connectivity index (χ1) is 17.1. The standard InChI is InChI=1S/C26H31ClN4O4S/c1-15(2)13-18(28-24(33)16-5-7-17(8-6-16)29(3)4)25(34)30-12-11-19-23(30)20(32)14-31(19)26(35)21-9-10-22(27)36-21/h5-10,15,18-19,23H,11-14H2,1-4H3,(H,28,33)/t18-,19+,23-/m0/s1. The molecule has 1 N–H and O–H groups in total. The van der Waals surface area contributed by atoms with Crippen LogP contribution in [0.1, 0.15) is 46.7 Å². The van der Waals surface area contributed by atoms with Crippen molar-refractivity contribution in [3.8, 4) is 0 Å². The fourth-order valence-corrected chi connectivity index (χ4v) is 5.95. The summed E-state index contributed by atoms with van der Waals surface area (Å²) < 4.78 is 0.507. The predicted octanol–water partition coefficient (Wildman–Crippen LogP) is 3.31. The molecule has 0 spiro atoms. The van der Waals surface area contributed by atoms with Crippen LogP contribution in [0.2, 0.25) is 4.34 Å². The van der Waals surface area contributed by atoms with E-state index in [0.29, 0.717) is 34.2 Å². The Bertz CT molecular complexity index is 1160. The molecule has 0 bridgehead atoms. The maximum atomic E-state index is 13.7. The van der Waals surface area contributed by atoms with Gasteiger partial charge in [0.15, 0.2) is 5.78 Å². The molecule has 2 aliphatic rings. The number of amides is 3. The smallest absolute Gasteiger partial charge is 0.264 e. The molecule has 2 aromatic rings. The van der Waals surface area contributed by atoms with Gasteiger partial charge in [-0.05, 0) is 55.2 Å². The Morgan fingerprint density at radius 2 is 1.81 bits per heavy atom. The molecule has 3 heterocycles. The van der Waals surface area contributed by atoms with Gasteiger partial charge in [-0.3, -0.25) is 19.2 Å². The van der Waals surface area contributed by atoms with Crippen LogP contribution in [0.5, 0.6) is 0 Å². The molecule has 0 unspecified atom stereocenters. The summed E-state index contributed by atoms with van der Waals surface area (Å²) in [7, 11) is 3.84. The number of likely N-dealkylation sites (tertiary alicyclic amines) is 2. The molecular weight excluding hydrogens is 500 g/mol. The molecule has 0 radical (unpaired) electrons. The van der Waals surface area contributed by atoms with E-state index in [0.717, 1.165) is 5.69 Å². The molecule has 1 aromatic heterocycles. The second-order valence-electron chi connectivity index (χ2n) is 9.93. The van der Waals surface area contributed by atoms with E-state index in [-0.39, 0.29) is 42.0 Å². The largest absolute Gasteiger partial charge is 0.378 e. The van der Waals surface area contributed by atoms with E-state index >= 15 is 0 Å². The van der Waals surface area contributed by atoms with Crippen molar-refractivity contribution in [3.63, 3.8) is 0 Å². The van der Waals surface area contributed by atoms with Crippen molar-refractivity contribution in [2.24, 2.45) is 5.92 Å². The zero-order valence-electron chi connectivity index (χ0n) is 20.9. The van der Waals surface area contributed by atoms with Gasteiger partial charge in [-0.1, -0.05) is 25.4 Å². The molecule has 2 saturated heterocycles. The second-order valence-corrected chi connectivity index (χ2v) is 11.6. The number of thiophene rings is 1. The molecule has 1 aromatic carbocycles. The summed E-state index contributed by atoms with van der Waals surface area (Å²) in [6.07, 6.45) is 0.958. The Morgan fingerprint density at radius 1 is 1.11 bits per heavy atom. The molecule has 8 nitrogen and oxygen atoms in total. The van der Waals surface area contributed by atoms with Gasteiger partial charge in [0.1, 0.15) is 12.1 Å². The number of Topliss-reactive ketones (excluding diaryl/α,β-unsaturated/α-hetero) is 1. The highest BCUT2D eigenvalue weighted by atomic mass is 35.5. The lowest BCUT2D eigenvalue weighted by molar-refractivity contribution is -0.138. The number of anilines is 1. The predicted molar refractivity (Wildman–Crippen MR) is 141 cm³/mol. The fraction of sp³-hybridized carbons (Fsp3) is 0.462. The molecule has 0 aliphatic carbocycles. The molecule has 192 valence electrons. The van der Waals surface area contributed by atoms with Gasteiger partial charge in [0.05, 0.1) is 21.8 Å². The van der Waals surface area contributed by atoms with Crippen LogP contribution in [0.3, 0.4) is 0 Å². The quantitative estimate of drug-likeness (QED) is 0.593. The number of nitrogens with one attached hydrogen (secondary N) is 1. The molecule has 4 rings (SSSR count). The fourth-order valence-electron chi connectivity index (χ4n) is 4.96. The van der Waals surface area contributed by atoms with E-state index in [1.54, 1.807) is 34.1 Å². The van der Waals surface area contributed by atoms with Crippen molar-refractivity contribution in [1.82, 2.24) is 15.1 Å². The third-order valence-corrected chi connectivity index (χ3v) is 7.93. The van der Waals surface area contributed by atoms with Crippen molar-refractivity contribution in [1.29, 1.82) is 0 Å². The SMILES string of the molecule is CC(C)C[C@H](NC(=O)c1ccc(N(C)C)cc1)C(=O)N1CC[C@@H]2[C@H]1C(=O)CN2C(=O)c1ccc(Cl)s1. The molecule has 36 heavy (non-hydrogen) atoms. The third-order valence-electron chi connectivity index (χ3n) is 6.71. The average Bonchev–Trinajstić information content (AvgIpc) is 3.54. The second kappa shape index (κ2) is 10.6. The normalized spacial score (nSPS) is 20.0. The van der Waals surface area contributed by atoms with E-state index < -0.39 is 12.1 Å². The van der Waals surface area contributed by atoms with E-state index in [2.05, 4.69) is 5.32 Å². The van der Waals surface area contributed by atoms with Crippen LogP contribution in [0.25, 0.3) is 0 Å². The highest BCUT2D eigenvalue weighted by Gasteiger charge is 2.52. The lowest BCUT2D eigenvalue weighted by Gasteiger charge is -2.29. The van der Waals surface area contributed by atoms with Gasteiger partial charge >= 0.3 is 0 Å². The Hall–Kier alpha value is -2.91. The Kier molecular flexibility index (Phi) is 7.70. The van der Waals surface area contributed by atoms with Crippen LogP contribution >= 0.6 is 22.9 Å². The summed E-state index contributed by atoms with van der Waals surface area (Å²) in [5.41, 5.74) is 1.43. The molecule has 2 fully saturated rings. The summed E-state index contributed by atoms with van der Waals surface area (Å²) in [6.45, 7) is 4.29. The molecule has 10 heteroatoms. The van der Waals surface area contributed by atoms with Crippen LogP contribution in [0, 0.1) is 5.92 Å². The average molecular weight is 531 g/mol. The van der Waals surface area contributed by atoms with Crippen molar-refractivity contribution in [2.75, 3.05) is 32.1 Å². The maximum Gasteiger partial charge on any atom is 0.264 e. The summed E-state index contributed by atoms with van der Waals surface area (Å²) in [5, 5.41) is 2.90. The number of benzene rings is 1. The summed E-state index contributed by atoms with van der Waals surface area (Å²) in [5.74, 6) is -0.865. The number of nitrogens with zero attached hydrogens (tertiary/aromatic N) is 3. The Balaban J connectivity index is 1.49. The van der Waals surface area contributed by atoms with Crippen molar-refractivity contribution in [2.45, 2.75) is 44.8 Å². The molecular formula is C26H31ClN4O4S. The van der Waals surface area contributed by atoms with Gasteiger partial charge in [-0.2, -0.15) is 0 Å². The van der Waals surface area contributed by atoms with Gasteiger partial charge in [0.2, 0.25) is 5.91 Å². The van der Waals surface area contributed by atoms with Gasteiger partial charge in [-0.15, -0.1) is 11.3 Å². The number of hydrogen-bond donors (Lipinski definition) is 1. The molecule has 0 saturated carbocycles. The van der Waals surface area contributed by atoms with Crippen LogP contribution < -0.4 is 10.2 Å². The minimum Gasteiger partial charge on any atom is -0.378 e. The van der Waals surface area contributed by atoms with E-state index in [1.807, 2.05) is 45.0 Å². The number of hydrogen-bond acceptors (Lipinski definition) is 6. The van der Waals surface area contributed by atoms with Crippen LogP contribution in [-0.4, -0.2) is 78.6 Å². The summed E-state index contributed by atoms with van der Waals surface area (Å²) >= 11 is 7.17. The lowest BCUT2D eigenvalue weighted by atomic mass is 10.0. The third kappa shape index (κ3) is 5.27.